The summed E-state index contributed by atoms with van der Waals surface area (Å²) < 4.78 is 5.36. The Morgan fingerprint density at radius 2 is 2.00 bits per heavy atom. The predicted octanol–water partition coefficient (Wildman–Crippen LogP) is 2.53. The van der Waals surface area contributed by atoms with Gasteiger partial charge in [-0.05, 0) is 30.2 Å². The summed E-state index contributed by atoms with van der Waals surface area (Å²) in [6.45, 7) is 6.27. The Balaban J connectivity index is 1.41. The Hall–Kier alpha value is -1.89. The van der Waals surface area contributed by atoms with Gasteiger partial charge < -0.3 is 15.4 Å². The predicted molar refractivity (Wildman–Crippen MR) is 101 cm³/mol. The highest BCUT2D eigenvalue weighted by molar-refractivity contribution is 6.30. The van der Waals surface area contributed by atoms with Crippen molar-refractivity contribution in [2.75, 3.05) is 56.6 Å². The smallest absolute Gasteiger partial charge is 0.224 e. The summed E-state index contributed by atoms with van der Waals surface area (Å²) in [7, 11) is 0. The maximum absolute atomic E-state index is 6.00. The van der Waals surface area contributed by atoms with Crippen LogP contribution in [0.2, 0.25) is 5.02 Å². The van der Waals surface area contributed by atoms with E-state index in [1.165, 1.54) is 5.56 Å². The molecule has 1 saturated heterocycles. The Kier molecular flexibility index (Phi) is 6.85. The van der Waals surface area contributed by atoms with Crippen LogP contribution >= 0.6 is 11.6 Å². The zero-order valence-electron chi connectivity index (χ0n) is 14.2. The first-order valence-electron chi connectivity index (χ1n) is 8.65. The fourth-order valence-electron chi connectivity index (χ4n) is 2.72. The molecule has 2 aromatic rings. The van der Waals surface area contributed by atoms with E-state index in [-0.39, 0.29) is 0 Å². The van der Waals surface area contributed by atoms with Gasteiger partial charge in [0.25, 0.3) is 0 Å². The number of ether oxygens (including phenoxy) is 1. The van der Waals surface area contributed by atoms with Crippen LogP contribution in [0, 0.1) is 0 Å². The van der Waals surface area contributed by atoms with Gasteiger partial charge in [0, 0.05) is 43.9 Å². The number of anilines is 2. The molecule has 0 aliphatic carbocycles. The van der Waals surface area contributed by atoms with E-state index in [1.807, 2.05) is 24.3 Å². The first-order valence-corrected chi connectivity index (χ1v) is 9.03. The van der Waals surface area contributed by atoms with Crippen LogP contribution in [0.4, 0.5) is 11.8 Å². The van der Waals surface area contributed by atoms with Gasteiger partial charge in [0.15, 0.2) is 0 Å². The number of hydrogen-bond acceptors (Lipinski definition) is 6. The molecule has 0 saturated carbocycles. The first kappa shape index (κ1) is 17.9. The maximum atomic E-state index is 6.00. The molecule has 1 fully saturated rings. The Labute approximate surface area is 153 Å². The first-order chi connectivity index (χ1) is 12.3. The molecular weight excluding hydrogens is 338 g/mol. The fraction of sp³-hybridized carbons (Fsp3) is 0.444. The van der Waals surface area contributed by atoms with Gasteiger partial charge in [-0.25, -0.2) is 4.98 Å². The number of halogens is 1. The molecule has 1 aliphatic heterocycles. The highest BCUT2D eigenvalue weighted by atomic mass is 35.5. The number of nitrogens with zero attached hydrogens (tertiary/aromatic N) is 3. The van der Waals surface area contributed by atoms with Crippen molar-refractivity contribution in [1.29, 1.82) is 0 Å². The van der Waals surface area contributed by atoms with E-state index in [4.69, 9.17) is 16.3 Å². The molecule has 0 unspecified atom stereocenters. The molecule has 0 amide bonds. The normalized spacial score (nSPS) is 15.1. The molecule has 134 valence electrons. The van der Waals surface area contributed by atoms with Crippen LogP contribution in [0.15, 0.2) is 36.5 Å². The van der Waals surface area contributed by atoms with Gasteiger partial charge >= 0.3 is 0 Å². The molecule has 2 heterocycles. The van der Waals surface area contributed by atoms with Gasteiger partial charge in [-0.2, -0.15) is 4.98 Å². The quantitative estimate of drug-likeness (QED) is 0.753. The van der Waals surface area contributed by atoms with Crippen molar-refractivity contribution in [2.45, 2.75) is 6.42 Å². The van der Waals surface area contributed by atoms with E-state index < -0.39 is 0 Å². The van der Waals surface area contributed by atoms with Gasteiger partial charge in [0.05, 0.1) is 13.2 Å². The minimum atomic E-state index is 0.637. The number of aromatic nitrogens is 2. The summed E-state index contributed by atoms with van der Waals surface area (Å²) in [6, 6.07) is 9.79. The van der Waals surface area contributed by atoms with Crippen LogP contribution in [0.3, 0.4) is 0 Å². The molecule has 0 atom stereocenters. The van der Waals surface area contributed by atoms with Crippen molar-refractivity contribution in [1.82, 2.24) is 14.9 Å². The van der Waals surface area contributed by atoms with E-state index in [9.17, 15) is 0 Å². The van der Waals surface area contributed by atoms with Crippen LogP contribution in [0.25, 0.3) is 0 Å². The topological polar surface area (TPSA) is 62.3 Å². The number of benzene rings is 1. The minimum absolute atomic E-state index is 0.637. The van der Waals surface area contributed by atoms with Gasteiger partial charge in [0.2, 0.25) is 5.95 Å². The Morgan fingerprint density at radius 1 is 1.12 bits per heavy atom. The molecular formula is C18H24ClN5O. The minimum Gasteiger partial charge on any atom is -0.379 e. The number of nitrogens with one attached hydrogen (secondary N) is 2. The van der Waals surface area contributed by atoms with Gasteiger partial charge in [-0.1, -0.05) is 23.7 Å². The lowest BCUT2D eigenvalue weighted by molar-refractivity contribution is 0.0398. The van der Waals surface area contributed by atoms with Crippen molar-refractivity contribution in [3.05, 3.63) is 47.1 Å². The Morgan fingerprint density at radius 3 is 2.84 bits per heavy atom. The third-order valence-electron chi connectivity index (χ3n) is 4.08. The highest BCUT2D eigenvalue weighted by Crippen LogP contribution is 2.11. The summed E-state index contributed by atoms with van der Waals surface area (Å²) in [5.41, 5.74) is 1.19. The lowest BCUT2D eigenvalue weighted by atomic mass is 10.1. The van der Waals surface area contributed by atoms with Gasteiger partial charge in [0.1, 0.15) is 5.82 Å². The average Bonchev–Trinajstić information content (AvgIpc) is 2.63. The van der Waals surface area contributed by atoms with E-state index in [2.05, 4.69) is 31.6 Å². The van der Waals surface area contributed by atoms with Gasteiger partial charge in [-0.15, -0.1) is 0 Å². The second-order valence-corrected chi connectivity index (χ2v) is 6.39. The lowest BCUT2D eigenvalue weighted by Gasteiger charge is -2.26. The number of morpholine rings is 1. The van der Waals surface area contributed by atoms with Crippen LogP contribution in [0.1, 0.15) is 5.56 Å². The standard InChI is InChI=1S/C18H24ClN5O/c19-16-3-1-2-15(14-16)4-6-21-18-22-7-5-17(23-18)20-8-9-24-10-12-25-13-11-24/h1-3,5,7,14H,4,6,8-13H2,(H2,20,21,22,23). The number of rotatable bonds is 8. The molecule has 6 nitrogen and oxygen atoms in total. The second kappa shape index (κ2) is 9.56. The highest BCUT2D eigenvalue weighted by Gasteiger charge is 2.09. The molecule has 3 rings (SSSR count). The van der Waals surface area contributed by atoms with Crippen LogP contribution in [-0.2, 0) is 11.2 Å². The molecule has 0 spiro atoms. The fourth-order valence-corrected chi connectivity index (χ4v) is 2.93. The zero-order valence-corrected chi connectivity index (χ0v) is 15.0. The van der Waals surface area contributed by atoms with Crippen molar-refractivity contribution in [2.24, 2.45) is 0 Å². The molecule has 1 aliphatic rings. The summed E-state index contributed by atoms with van der Waals surface area (Å²) in [5.74, 6) is 1.48. The SMILES string of the molecule is Clc1cccc(CCNc2nccc(NCCN3CCOCC3)n2)c1. The summed E-state index contributed by atoms with van der Waals surface area (Å²) in [4.78, 5) is 11.2. The molecule has 25 heavy (non-hydrogen) atoms. The second-order valence-electron chi connectivity index (χ2n) is 5.95. The molecule has 2 N–H and O–H groups in total. The lowest BCUT2D eigenvalue weighted by Crippen LogP contribution is -2.39. The summed E-state index contributed by atoms with van der Waals surface area (Å²) in [6.07, 6.45) is 2.64. The molecule has 1 aromatic heterocycles. The largest absolute Gasteiger partial charge is 0.379 e. The Bertz CT molecular complexity index is 663. The van der Waals surface area contributed by atoms with E-state index in [0.29, 0.717) is 5.95 Å². The third kappa shape index (κ3) is 6.16. The van der Waals surface area contributed by atoms with Crippen molar-refractivity contribution >= 4 is 23.4 Å². The van der Waals surface area contributed by atoms with Crippen molar-refractivity contribution in [3.8, 4) is 0 Å². The third-order valence-corrected chi connectivity index (χ3v) is 4.31. The van der Waals surface area contributed by atoms with Crippen LogP contribution in [0.5, 0.6) is 0 Å². The zero-order chi connectivity index (χ0) is 17.3. The maximum Gasteiger partial charge on any atom is 0.224 e. The monoisotopic (exact) mass is 361 g/mol. The molecule has 0 radical (unpaired) electrons. The summed E-state index contributed by atoms with van der Waals surface area (Å²) in [5, 5.41) is 7.38. The summed E-state index contributed by atoms with van der Waals surface area (Å²) >= 11 is 6.00. The molecule has 0 bridgehead atoms. The average molecular weight is 362 g/mol. The van der Waals surface area contributed by atoms with Gasteiger partial charge in [-0.3, -0.25) is 4.90 Å². The number of hydrogen-bond donors (Lipinski definition) is 2. The molecule has 7 heteroatoms. The van der Waals surface area contributed by atoms with Crippen LogP contribution in [-0.4, -0.2) is 60.8 Å². The van der Waals surface area contributed by atoms with E-state index in [1.54, 1.807) is 6.20 Å². The van der Waals surface area contributed by atoms with E-state index >= 15 is 0 Å². The van der Waals surface area contributed by atoms with Crippen molar-refractivity contribution in [3.63, 3.8) is 0 Å². The van der Waals surface area contributed by atoms with Crippen molar-refractivity contribution < 1.29 is 4.74 Å². The molecule has 1 aromatic carbocycles. The van der Waals surface area contributed by atoms with Crippen LogP contribution < -0.4 is 10.6 Å². The van der Waals surface area contributed by atoms with E-state index in [0.717, 1.165) is 63.2 Å².